The number of alkyl halides is 3. The Kier molecular flexibility index (Phi) is 4.49. The molecular weight excluding hydrogens is 358 g/mol. The summed E-state index contributed by atoms with van der Waals surface area (Å²) in [7, 11) is 0. The fourth-order valence-corrected chi connectivity index (χ4v) is 2.80. The second kappa shape index (κ2) is 6.60. The average Bonchev–Trinajstić information content (AvgIpc) is 3.05. The van der Waals surface area contributed by atoms with Gasteiger partial charge in [0, 0.05) is 23.6 Å². The first-order valence-electron chi connectivity index (χ1n) is 6.88. The van der Waals surface area contributed by atoms with E-state index in [-0.39, 0.29) is 11.5 Å². The average molecular weight is 367 g/mol. The molecule has 0 saturated carbocycles. The van der Waals surface area contributed by atoms with Crippen molar-refractivity contribution in [1.82, 2.24) is 9.97 Å². The van der Waals surface area contributed by atoms with E-state index < -0.39 is 17.6 Å². The van der Waals surface area contributed by atoms with Gasteiger partial charge in [0.15, 0.2) is 6.29 Å². The van der Waals surface area contributed by atoms with Gasteiger partial charge in [0.1, 0.15) is 16.6 Å². The van der Waals surface area contributed by atoms with Crippen LogP contribution in [0, 0.1) is 5.82 Å². The van der Waals surface area contributed by atoms with Gasteiger partial charge < -0.3 is 5.32 Å². The van der Waals surface area contributed by atoms with Crippen molar-refractivity contribution in [1.29, 1.82) is 0 Å². The molecule has 0 radical (unpaired) electrons. The number of hydrogen-bond donors (Lipinski definition) is 1. The van der Waals surface area contributed by atoms with E-state index in [1.54, 1.807) is 12.1 Å². The van der Waals surface area contributed by atoms with Crippen LogP contribution in [-0.4, -0.2) is 16.3 Å². The molecule has 1 aromatic carbocycles. The van der Waals surface area contributed by atoms with Gasteiger partial charge in [-0.25, -0.2) is 14.4 Å². The monoisotopic (exact) mass is 367 g/mol. The first-order valence-corrected chi connectivity index (χ1v) is 7.69. The molecule has 0 bridgehead atoms. The van der Waals surface area contributed by atoms with Crippen LogP contribution in [0.15, 0.2) is 42.7 Å². The van der Waals surface area contributed by atoms with Crippen molar-refractivity contribution in [3.8, 4) is 10.6 Å². The second-order valence-electron chi connectivity index (χ2n) is 4.93. The van der Waals surface area contributed by atoms with Crippen LogP contribution in [0.25, 0.3) is 10.6 Å². The summed E-state index contributed by atoms with van der Waals surface area (Å²) >= 11 is 1.18. The first kappa shape index (κ1) is 17.0. The lowest BCUT2D eigenvalue weighted by Gasteiger charge is -2.11. The molecule has 0 fully saturated rings. The minimum atomic E-state index is -4.79. The molecule has 0 amide bonds. The molecule has 25 heavy (non-hydrogen) atoms. The van der Waals surface area contributed by atoms with Gasteiger partial charge in [0.25, 0.3) is 0 Å². The van der Waals surface area contributed by atoms with Crippen molar-refractivity contribution in [3.63, 3.8) is 0 Å². The third kappa shape index (κ3) is 3.82. The summed E-state index contributed by atoms with van der Waals surface area (Å²) in [5.41, 5.74) is -0.663. The Morgan fingerprint density at radius 2 is 1.92 bits per heavy atom. The zero-order valence-electron chi connectivity index (χ0n) is 12.3. The lowest BCUT2D eigenvalue weighted by atomic mass is 10.1. The van der Waals surface area contributed by atoms with Crippen LogP contribution in [0.4, 0.5) is 29.1 Å². The van der Waals surface area contributed by atoms with Crippen LogP contribution in [0.5, 0.6) is 0 Å². The van der Waals surface area contributed by atoms with Crippen LogP contribution in [0.3, 0.4) is 0 Å². The van der Waals surface area contributed by atoms with Crippen molar-refractivity contribution in [2.45, 2.75) is 6.18 Å². The van der Waals surface area contributed by atoms with Crippen LogP contribution in [0.2, 0.25) is 0 Å². The molecule has 0 atom stereocenters. The molecule has 1 N–H and O–H groups in total. The predicted molar refractivity (Wildman–Crippen MR) is 85.4 cm³/mol. The Morgan fingerprint density at radius 3 is 2.60 bits per heavy atom. The number of nitrogens with one attached hydrogen (secondary N) is 1. The van der Waals surface area contributed by atoms with Crippen LogP contribution in [0.1, 0.15) is 15.2 Å². The molecule has 0 saturated heterocycles. The molecular formula is C16H9F4N3OS. The zero-order chi connectivity index (χ0) is 18.0. The van der Waals surface area contributed by atoms with Gasteiger partial charge in [0.2, 0.25) is 0 Å². The first-order chi connectivity index (χ1) is 11.9. The number of aldehydes is 1. The standard InChI is InChI=1S/C16H9F4N3OS/c17-13-2-1-10(6-12(13)16(18,19)20)23-14-5-9(3-4-21-14)15-22-7-11(8-24)25-15/h1-8H,(H,21,23). The van der Waals surface area contributed by atoms with E-state index in [1.165, 1.54) is 29.8 Å². The summed E-state index contributed by atoms with van der Waals surface area (Å²) in [6.45, 7) is 0. The largest absolute Gasteiger partial charge is 0.419 e. The second-order valence-corrected chi connectivity index (χ2v) is 6.00. The molecule has 0 spiro atoms. The molecule has 0 unspecified atom stereocenters. The Labute approximate surface area is 143 Å². The maximum absolute atomic E-state index is 13.3. The fraction of sp³-hybridized carbons (Fsp3) is 0.0625. The van der Waals surface area contributed by atoms with Gasteiger partial charge in [-0.1, -0.05) is 0 Å². The number of carbonyl (C=O) groups excluding carboxylic acids is 1. The van der Waals surface area contributed by atoms with Gasteiger partial charge in [-0.15, -0.1) is 11.3 Å². The predicted octanol–water partition coefficient (Wildman–Crippen LogP) is 4.92. The molecule has 4 nitrogen and oxygen atoms in total. The number of pyridine rings is 1. The highest BCUT2D eigenvalue weighted by atomic mass is 32.1. The Balaban J connectivity index is 1.89. The van der Waals surface area contributed by atoms with E-state index in [2.05, 4.69) is 15.3 Å². The van der Waals surface area contributed by atoms with Gasteiger partial charge in [-0.3, -0.25) is 4.79 Å². The summed E-state index contributed by atoms with van der Waals surface area (Å²) in [5, 5.41) is 3.28. The normalized spacial score (nSPS) is 11.4. The smallest absolute Gasteiger partial charge is 0.340 e. The number of nitrogens with zero attached hydrogens (tertiary/aromatic N) is 2. The van der Waals surface area contributed by atoms with Gasteiger partial charge >= 0.3 is 6.18 Å². The van der Waals surface area contributed by atoms with E-state index in [9.17, 15) is 22.4 Å². The molecule has 9 heteroatoms. The van der Waals surface area contributed by atoms with Gasteiger partial charge in [-0.05, 0) is 30.3 Å². The lowest BCUT2D eigenvalue weighted by molar-refractivity contribution is -0.139. The zero-order valence-corrected chi connectivity index (χ0v) is 13.2. The van der Waals surface area contributed by atoms with E-state index in [4.69, 9.17) is 0 Å². The summed E-state index contributed by atoms with van der Waals surface area (Å²) in [5.74, 6) is -1.08. The maximum Gasteiger partial charge on any atom is 0.419 e. The Morgan fingerprint density at radius 1 is 1.12 bits per heavy atom. The quantitative estimate of drug-likeness (QED) is 0.525. The lowest BCUT2D eigenvalue weighted by Crippen LogP contribution is -2.08. The molecule has 0 aliphatic rings. The van der Waals surface area contributed by atoms with Crippen LogP contribution in [-0.2, 0) is 6.18 Å². The SMILES string of the molecule is O=Cc1cnc(-c2ccnc(Nc3ccc(F)c(C(F)(F)F)c3)c2)s1. The molecule has 3 aromatic rings. The number of carbonyl (C=O) groups is 1. The van der Waals surface area contributed by atoms with Crippen LogP contribution < -0.4 is 5.32 Å². The molecule has 0 aliphatic carbocycles. The number of rotatable bonds is 4. The minimum absolute atomic E-state index is 0.0473. The van der Waals surface area contributed by atoms with E-state index >= 15 is 0 Å². The van der Waals surface area contributed by atoms with Gasteiger partial charge in [-0.2, -0.15) is 13.2 Å². The number of benzene rings is 1. The highest BCUT2D eigenvalue weighted by molar-refractivity contribution is 7.16. The highest BCUT2D eigenvalue weighted by Gasteiger charge is 2.34. The third-order valence-corrected chi connectivity index (χ3v) is 4.16. The maximum atomic E-state index is 13.3. The Hall–Kier alpha value is -2.81. The van der Waals surface area contributed by atoms with E-state index in [0.717, 1.165) is 6.07 Å². The topological polar surface area (TPSA) is 54.9 Å². The molecule has 2 aromatic heterocycles. The van der Waals surface area contributed by atoms with Crippen molar-refractivity contribution >= 4 is 29.1 Å². The number of aromatic nitrogens is 2. The van der Waals surface area contributed by atoms with Crippen LogP contribution >= 0.6 is 11.3 Å². The highest BCUT2D eigenvalue weighted by Crippen LogP contribution is 2.34. The number of hydrogen-bond acceptors (Lipinski definition) is 5. The third-order valence-electron chi connectivity index (χ3n) is 3.19. The minimum Gasteiger partial charge on any atom is -0.340 e. The van der Waals surface area contributed by atoms with Crippen molar-refractivity contribution in [2.75, 3.05) is 5.32 Å². The van der Waals surface area contributed by atoms with Crippen molar-refractivity contribution in [3.05, 3.63) is 59.0 Å². The summed E-state index contributed by atoms with van der Waals surface area (Å²) in [4.78, 5) is 19.3. The van der Waals surface area contributed by atoms with E-state index in [1.807, 2.05) is 0 Å². The number of thiazole rings is 1. The summed E-state index contributed by atoms with van der Waals surface area (Å²) in [6.07, 6.45) is -1.23. The summed E-state index contributed by atoms with van der Waals surface area (Å²) in [6, 6.07) is 5.84. The fourth-order valence-electron chi connectivity index (χ4n) is 2.07. The molecule has 2 heterocycles. The summed E-state index contributed by atoms with van der Waals surface area (Å²) < 4.78 is 51.6. The molecule has 0 aliphatic heterocycles. The molecule has 3 rings (SSSR count). The van der Waals surface area contributed by atoms with E-state index in [0.29, 0.717) is 27.8 Å². The molecule has 128 valence electrons. The van der Waals surface area contributed by atoms with Crippen molar-refractivity contribution < 1.29 is 22.4 Å². The number of anilines is 2. The number of halogens is 4. The Bertz CT molecular complexity index is 924. The van der Waals surface area contributed by atoms with Crippen molar-refractivity contribution in [2.24, 2.45) is 0 Å². The van der Waals surface area contributed by atoms with Gasteiger partial charge in [0.05, 0.1) is 10.4 Å².